The third-order valence-electron chi connectivity index (χ3n) is 4.75. The molecule has 29 heavy (non-hydrogen) atoms. The molecule has 1 aliphatic rings. The summed E-state index contributed by atoms with van der Waals surface area (Å²) >= 11 is 0. The van der Waals surface area contributed by atoms with Gasteiger partial charge in [0.1, 0.15) is 0 Å². The zero-order chi connectivity index (χ0) is 21.1. The van der Waals surface area contributed by atoms with E-state index in [0.29, 0.717) is 37.4 Å². The van der Waals surface area contributed by atoms with Gasteiger partial charge in [0.05, 0.1) is 17.0 Å². The van der Waals surface area contributed by atoms with E-state index in [1.54, 1.807) is 0 Å². The van der Waals surface area contributed by atoms with Crippen LogP contribution < -0.4 is 0 Å². The molecule has 1 aromatic carbocycles. The number of aryl methyl sites for hydroxylation is 1. The van der Waals surface area contributed by atoms with Crippen LogP contribution in [0.25, 0.3) is 0 Å². The Hall–Kier alpha value is -1.98. The van der Waals surface area contributed by atoms with Crippen LogP contribution in [-0.2, 0) is 29.2 Å². The van der Waals surface area contributed by atoms with Gasteiger partial charge in [0.25, 0.3) is 0 Å². The Balaban J connectivity index is 1.60. The van der Waals surface area contributed by atoms with Gasteiger partial charge in [-0.15, -0.1) is 0 Å². The molecule has 3 rings (SSSR count). The van der Waals surface area contributed by atoms with Crippen molar-refractivity contribution in [3.63, 3.8) is 0 Å². The van der Waals surface area contributed by atoms with Gasteiger partial charge in [-0.25, -0.2) is 8.42 Å². The second-order valence-corrected chi connectivity index (χ2v) is 8.85. The van der Waals surface area contributed by atoms with E-state index in [0.717, 1.165) is 31.4 Å². The van der Waals surface area contributed by atoms with Crippen molar-refractivity contribution in [1.82, 2.24) is 19.3 Å². The zero-order valence-electron chi connectivity index (χ0n) is 16.0. The number of alkyl halides is 3. The maximum absolute atomic E-state index is 12.9. The van der Waals surface area contributed by atoms with Crippen molar-refractivity contribution in [3.05, 3.63) is 41.5 Å². The van der Waals surface area contributed by atoms with Gasteiger partial charge < -0.3 is 4.52 Å². The van der Waals surface area contributed by atoms with E-state index in [4.69, 9.17) is 4.52 Å². The number of piperazine rings is 1. The minimum absolute atomic E-state index is 0.176. The summed E-state index contributed by atoms with van der Waals surface area (Å²) in [4.78, 5) is 5.96. The van der Waals surface area contributed by atoms with Crippen molar-refractivity contribution >= 4 is 10.0 Å². The van der Waals surface area contributed by atoms with Crippen molar-refractivity contribution in [3.8, 4) is 0 Å². The number of halogens is 3. The third-order valence-corrected chi connectivity index (χ3v) is 6.65. The van der Waals surface area contributed by atoms with Crippen LogP contribution in [0.15, 0.2) is 33.7 Å². The molecule has 1 aromatic heterocycles. The Kier molecular flexibility index (Phi) is 6.59. The molecule has 1 fully saturated rings. The van der Waals surface area contributed by atoms with Crippen LogP contribution in [0.4, 0.5) is 13.2 Å². The summed E-state index contributed by atoms with van der Waals surface area (Å²) in [6, 6.07) is 3.83. The number of nitrogens with zero attached hydrogens (tertiary/aromatic N) is 4. The van der Waals surface area contributed by atoms with Gasteiger partial charge in [-0.2, -0.15) is 22.5 Å². The maximum atomic E-state index is 12.9. The minimum atomic E-state index is -4.59. The van der Waals surface area contributed by atoms with Crippen LogP contribution in [-0.4, -0.2) is 53.9 Å². The fourth-order valence-electron chi connectivity index (χ4n) is 3.09. The van der Waals surface area contributed by atoms with Gasteiger partial charge in [0, 0.05) is 32.6 Å². The highest BCUT2D eigenvalue weighted by molar-refractivity contribution is 7.89. The van der Waals surface area contributed by atoms with Crippen LogP contribution in [0, 0.1) is 0 Å². The molecule has 0 radical (unpaired) electrons. The molecule has 11 heteroatoms. The fraction of sp³-hybridized carbons (Fsp3) is 0.556. The standard InChI is InChI=1S/C18H23F3N4O3S/c1-2-3-7-16-22-17(28-23-16)13-24-8-10-25(11-9-24)29(26,27)15-6-4-5-14(12-15)18(19,20)21/h4-6,12H,2-3,7-11,13H2,1H3. The average Bonchev–Trinajstić information content (AvgIpc) is 3.13. The molecule has 0 atom stereocenters. The van der Waals surface area contributed by atoms with Crippen molar-refractivity contribution in [1.29, 1.82) is 0 Å². The summed E-state index contributed by atoms with van der Waals surface area (Å²) in [6.45, 7) is 3.69. The number of hydrogen-bond donors (Lipinski definition) is 0. The van der Waals surface area contributed by atoms with Crippen LogP contribution in [0.3, 0.4) is 0 Å². The molecule has 0 N–H and O–H groups in total. The largest absolute Gasteiger partial charge is 0.416 e. The molecule has 2 heterocycles. The van der Waals surface area contributed by atoms with E-state index in [-0.39, 0.29) is 18.0 Å². The second-order valence-electron chi connectivity index (χ2n) is 6.91. The first kappa shape index (κ1) is 21.7. The van der Waals surface area contributed by atoms with Gasteiger partial charge in [-0.3, -0.25) is 4.90 Å². The molecule has 160 valence electrons. The molecule has 0 unspecified atom stereocenters. The smallest absolute Gasteiger partial charge is 0.338 e. The maximum Gasteiger partial charge on any atom is 0.416 e. The van der Waals surface area contributed by atoms with E-state index in [9.17, 15) is 21.6 Å². The Morgan fingerprint density at radius 2 is 1.90 bits per heavy atom. The van der Waals surface area contributed by atoms with E-state index in [2.05, 4.69) is 17.1 Å². The molecular weight excluding hydrogens is 409 g/mol. The number of sulfonamides is 1. The van der Waals surface area contributed by atoms with Crippen LogP contribution >= 0.6 is 0 Å². The van der Waals surface area contributed by atoms with Crippen LogP contribution in [0.1, 0.15) is 37.0 Å². The van der Waals surface area contributed by atoms with Crippen molar-refractivity contribution in [2.24, 2.45) is 0 Å². The van der Waals surface area contributed by atoms with Gasteiger partial charge in [0.15, 0.2) is 5.82 Å². The average molecular weight is 432 g/mol. The quantitative estimate of drug-likeness (QED) is 0.669. The molecule has 1 saturated heterocycles. The van der Waals surface area contributed by atoms with Crippen molar-refractivity contribution in [2.75, 3.05) is 26.2 Å². The minimum Gasteiger partial charge on any atom is -0.338 e. The molecule has 0 saturated carbocycles. The lowest BCUT2D eigenvalue weighted by Gasteiger charge is -2.33. The predicted molar refractivity (Wildman–Crippen MR) is 98.4 cm³/mol. The zero-order valence-corrected chi connectivity index (χ0v) is 16.8. The summed E-state index contributed by atoms with van der Waals surface area (Å²) in [5.74, 6) is 1.14. The third kappa shape index (κ3) is 5.34. The lowest BCUT2D eigenvalue weighted by atomic mass is 10.2. The fourth-order valence-corrected chi connectivity index (χ4v) is 4.56. The Bertz CT molecular complexity index is 922. The van der Waals surface area contributed by atoms with E-state index < -0.39 is 21.8 Å². The Morgan fingerprint density at radius 1 is 1.17 bits per heavy atom. The lowest BCUT2D eigenvalue weighted by Crippen LogP contribution is -2.48. The van der Waals surface area contributed by atoms with Crippen molar-refractivity contribution < 1.29 is 26.1 Å². The SMILES string of the molecule is CCCCc1noc(CN2CCN(S(=O)(=O)c3cccc(C(F)(F)F)c3)CC2)n1. The van der Waals surface area contributed by atoms with Gasteiger partial charge in [0.2, 0.25) is 15.9 Å². The number of aromatic nitrogens is 2. The Morgan fingerprint density at radius 3 is 2.55 bits per heavy atom. The molecule has 1 aliphatic heterocycles. The molecule has 0 bridgehead atoms. The number of benzene rings is 1. The normalized spacial score (nSPS) is 17.0. The van der Waals surface area contributed by atoms with Gasteiger partial charge in [-0.1, -0.05) is 24.6 Å². The molecule has 0 amide bonds. The summed E-state index contributed by atoms with van der Waals surface area (Å²) in [5, 5.41) is 3.93. The van der Waals surface area contributed by atoms with Crippen LogP contribution in [0.5, 0.6) is 0 Å². The van der Waals surface area contributed by atoms with E-state index >= 15 is 0 Å². The topological polar surface area (TPSA) is 79.5 Å². The van der Waals surface area contributed by atoms with Gasteiger partial charge >= 0.3 is 6.18 Å². The first-order valence-corrected chi connectivity index (χ1v) is 10.9. The molecule has 7 nitrogen and oxygen atoms in total. The first-order chi connectivity index (χ1) is 13.7. The van der Waals surface area contributed by atoms with Crippen LogP contribution in [0.2, 0.25) is 0 Å². The van der Waals surface area contributed by atoms with Gasteiger partial charge in [-0.05, 0) is 24.6 Å². The molecule has 0 spiro atoms. The number of rotatable bonds is 7. The summed E-state index contributed by atoms with van der Waals surface area (Å²) in [7, 11) is -3.99. The monoisotopic (exact) mass is 432 g/mol. The highest BCUT2D eigenvalue weighted by Gasteiger charge is 2.34. The molecule has 0 aliphatic carbocycles. The number of hydrogen-bond acceptors (Lipinski definition) is 6. The predicted octanol–water partition coefficient (Wildman–Crippen LogP) is 2.94. The van der Waals surface area contributed by atoms with Crippen molar-refractivity contribution in [2.45, 2.75) is 43.8 Å². The highest BCUT2D eigenvalue weighted by atomic mass is 32.2. The second kappa shape index (κ2) is 8.80. The highest BCUT2D eigenvalue weighted by Crippen LogP contribution is 2.31. The molecular formula is C18H23F3N4O3S. The summed E-state index contributed by atoms with van der Waals surface area (Å²) < 4.78 is 70.6. The lowest BCUT2D eigenvalue weighted by molar-refractivity contribution is -0.137. The van der Waals surface area contributed by atoms with E-state index in [1.165, 1.54) is 10.4 Å². The van der Waals surface area contributed by atoms with E-state index in [1.807, 2.05) is 4.90 Å². The number of unbranched alkanes of at least 4 members (excludes halogenated alkanes) is 1. The first-order valence-electron chi connectivity index (χ1n) is 9.41. The summed E-state index contributed by atoms with van der Waals surface area (Å²) in [6.07, 6.45) is -1.83. The Labute approximate surface area is 167 Å². The summed E-state index contributed by atoms with van der Waals surface area (Å²) in [5.41, 5.74) is -0.979. The molecule has 2 aromatic rings.